The van der Waals surface area contributed by atoms with Crippen LogP contribution in [-0.2, 0) is 9.59 Å². The van der Waals surface area contributed by atoms with E-state index in [2.05, 4.69) is 6.92 Å². The molecule has 1 heterocycles. The van der Waals surface area contributed by atoms with Gasteiger partial charge in [-0.1, -0.05) is 13.0 Å². The number of amides is 2. The largest absolute Gasteiger partial charge is 0.497 e. The Labute approximate surface area is 169 Å². The number of carbonyl (C=O) groups excluding carboxylic acids is 3. The highest BCUT2D eigenvalue weighted by Gasteiger charge is 2.49. The third-order valence-electron chi connectivity index (χ3n) is 5.80. The molecule has 150 valence electrons. The Morgan fingerprint density at radius 2 is 1.69 bits per heavy atom. The molecule has 6 nitrogen and oxygen atoms in total. The zero-order valence-corrected chi connectivity index (χ0v) is 16.5. The van der Waals surface area contributed by atoms with Crippen molar-refractivity contribution in [3.05, 3.63) is 54.1 Å². The van der Waals surface area contributed by atoms with Gasteiger partial charge in [0.2, 0.25) is 11.8 Å². The molecule has 0 aromatic heterocycles. The minimum Gasteiger partial charge on any atom is -0.497 e. The van der Waals surface area contributed by atoms with Crippen molar-refractivity contribution in [1.82, 2.24) is 0 Å². The predicted octanol–water partition coefficient (Wildman–Crippen LogP) is 3.84. The van der Waals surface area contributed by atoms with Crippen LogP contribution in [0.15, 0.2) is 48.5 Å². The number of nitrogens with zero attached hydrogens (tertiary/aromatic N) is 1. The number of hydrogen-bond donors (Lipinski definition) is 0. The van der Waals surface area contributed by atoms with Crippen molar-refractivity contribution in [3.8, 4) is 11.5 Å². The van der Waals surface area contributed by atoms with Crippen LogP contribution in [0.1, 0.15) is 36.5 Å². The highest BCUT2D eigenvalue weighted by atomic mass is 16.5. The van der Waals surface area contributed by atoms with E-state index in [4.69, 9.17) is 9.47 Å². The van der Waals surface area contributed by atoms with Crippen LogP contribution in [0, 0.1) is 17.8 Å². The number of imide groups is 1. The third-order valence-corrected chi connectivity index (χ3v) is 5.80. The molecule has 2 fully saturated rings. The van der Waals surface area contributed by atoms with E-state index >= 15 is 0 Å². The number of benzene rings is 2. The van der Waals surface area contributed by atoms with Crippen LogP contribution in [0.25, 0.3) is 0 Å². The Morgan fingerprint density at radius 3 is 2.41 bits per heavy atom. The molecule has 2 amide bonds. The number of methoxy groups -OCH3 is 1. The van der Waals surface area contributed by atoms with Gasteiger partial charge in [0.25, 0.3) is 0 Å². The van der Waals surface area contributed by atoms with Gasteiger partial charge < -0.3 is 9.47 Å². The molecule has 2 aromatic rings. The zero-order chi connectivity index (χ0) is 20.5. The molecule has 2 aliphatic rings. The fourth-order valence-electron chi connectivity index (χ4n) is 4.22. The van der Waals surface area contributed by atoms with Crippen molar-refractivity contribution in [2.24, 2.45) is 17.8 Å². The van der Waals surface area contributed by atoms with Crippen LogP contribution in [0.2, 0.25) is 0 Å². The first kappa shape index (κ1) is 19.2. The van der Waals surface area contributed by atoms with Gasteiger partial charge in [0.05, 0.1) is 30.2 Å². The molecular formula is C23H23NO5. The predicted molar refractivity (Wildman–Crippen MR) is 107 cm³/mol. The number of hydrogen-bond acceptors (Lipinski definition) is 5. The van der Waals surface area contributed by atoms with Crippen molar-refractivity contribution in [3.63, 3.8) is 0 Å². The lowest BCUT2D eigenvalue weighted by atomic mass is 9.76. The normalized spacial score (nSPS) is 23.7. The van der Waals surface area contributed by atoms with Crippen molar-refractivity contribution >= 4 is 23.5 Å². The standard InChI is InChI=1S/C23H23NO5/c1-14-6-11-19-20(12-14)22(26)24(21(19)25)16-7-9-17(10-8-16)29-23(27)15-4-3-5-18(13-15)28-2/h3-5,7-10,13-14,19-20H,6,11-12H2,1-2H3/t14-,19-,20+/m1/s1. The summed E-state index contributed by atoms with van der Waals surface area (Å²) in [5, 5.41) is 0. The van der Waals surface area contributed by atoms with Crippen molar-refractivity contribution in [1.29, 1.82) is 0 Å². The fraction of sp³-hybridized carbons (Fsp3) is 0.348. The highest BCUT2D eigenvalue weighted by molar-refractivity contribution is 6.22. The average molecular weight is 393 g/mol. The molecule has 0 unspecified atom stereocenters. The first-order valence-corrected chi connectivity index (χ1v) is 9.82. The summed E-state index contributed by atoms with van der Waals surface area (Å²) in [5.74, 6) is 0.210. The maximum absolute atomic E-state index is 12.8. The summed E-state index contributed by atoms with van der Waals surface area (Å²) in [7, 11) is 1.53. The lowest BCUT2D eigenvalue weighted by Crippen LogP contribution is -2.30. The molecule has 3 atom stereocenters. The van der Waals surface area contributed by atoms with Crippen molar-refractivity contribution < 1.29 is 23.9 Å². The average Bonchev–Trinajstić information content (AvgIpc) is 2.98. The number of esters is 1. The van der Waals surface area contributed by atoms with Crippen LogP contribution in [0.5, 0.6) is 11.5 Å². The molecule has 0 N–H and O–H groups in total. The molecule has 4 rings (SSSR count). The highest BCUT2D eigenvalue weighted by Crippen LogP contribution is 2.42. The molecule has 1 saturated carbocycles. The summed E-state index contributed by atoms with van der Waals surface area (Å²) in [6.07, 6.45) is 2.51. The second kappa shape index (κ2) is 7.70. The van der Waals surface area contributed by atoms with E-state index in [0.29, 0.717) is 28.7 Å². The molecule has 2 aromatic carbocycles. The van der Waals surface area contributed by atoms with Crippen molar-refractivity contribution in [2.45, 2.75) is 26.2 Å². The topological polar surface area (TPSA) is 72.9 Å². The van der Waals surface area contributed by atoms with Crippen LogP contribution in [0.4, 0.5) is 5.69 Å². The Bertz CT molecular complexity index is 952. The Balaban J connectivity index is 1.48. The summed E-state index contributed by atoms with van der Waals surface area (Å²) in [4.78, 5) is 39.2. The number of rotatable bonds is 4. The molecule has 1 aliphatic heterocycles. The quantitative estimate of drug-likeness (QED) is 0.448. The summed E-state index contributed by atoms with van der Waals surface area (Å²) < 4.78 is 10.5. The van der Waals surface area contributed by atoms with E-state index in [1.54, 1.807) is 48.5 Å². The lowest BCUT2D eigenvalue weighted by molar-refractivity contribution is -0.122. The number of fused-ring (bicyclic) bond motifs is 1. The summed E-state index contributed by atoms with van der Waals surface area (Å²) in [6, 6.07) is 13.2. The van der Waals surface area contributed by atoms with E-state index in [-0.39, 0.29) is 23.7 Å². The van der Waals surface area contributed by atoms with Crippen LogP contribution < -0.4 is 14.4 Å². The second-order valence-corrected chi connectivity index (χ2v) is 7.76. The van der Waals surface area contributed by atoms with Crippen molar-refractivity contribution in [2.75, 3.05) is 12.0 Å². The van der Waals surface area contributed by atoms with E-state index in [1.165, 1.54) is 12.0 Å². The molecule has 1 aliphatic carbocycles. The first-order valence-electron chi connectivity index (χ1n) is 9.82. The van der Waals surface area contributed by atoms with Crippen LogP contribution in [-0.4, -0.2) is 24.9 Å². The van der Waals surface area contributed by atoms with Gasteiger partial charge in [0.1, 0.15) is 11.5 Å². The maximum atomic E-state index is 12.8. The van der Waals surface area contributed by atoms with E-state index in [1.807, 2.05) is 0 Å². The smallest absolute Gasteiger partial charge is 0.343 e. The number of carbonyl (C=O) groups is 3. The molecule has 1 saturated heterocycles. The fourth-order valence-corrected chi connectivity index (χ4v) is 4.22. The van der Waals surface area contributed by atoms with E-state index in [0.717, 1.165) is 19.3 Å². The Kier molecular flexibility index (Phi) is 5.09. The van der Waals surface area contributed by atoms with Gasteiger partial charge >= 0.3 is 5.97 Å². The summed E-state index contributed by atoms with van der Waals surface area (Å²) >= 11 is 0. The van der Waals surface area contributed by atoms with E-state index in [9.17, 15) is 14.4 Å². The first-order chi connectivity index (χ1) is 14.0. The Hall–Kier alpha value is -3.15. The molecule has 6 heteroatoms. The van der Waals surface area contributed by atoms with Gasteiger partial charge in [-0.25, -0.2) is 4.79 Å². The maximum Gasteiger partial charge on any atom is 0.343 e. The van der Waals surface area contributed by atoms with Crippen LogP contribution >= 0.6 is 0 Å². The summed E-state index contributed by atoms with van der Waals surface area (Å²) in [5.41, 5.74) is 0.889. The van der Waals surface area contributed by atoms with Gasteiger partial charge in [-0.15, -0.1) is 0 Å². The van der Waals surface area contributed by atoms with Gasteiger partial charge in [-0.3, -0.25) is 14.5 Å². The second-order valence-electron chi connectivity index (χ2n) is 7.76. The monoisotopic (exact) mass is 393 g/mol. The molecule has 29 heavy (non-hydrogen) atoms. The van der Waals surface area contributed by atoms with Gasteiger partial charge in [0.15, 0.2) is 0 Å². The number of ether oxygens (including phenoxy) is 2. The molecular weight excluding hydrogens is 370 g/mol. The Morgan fingerprint density at radius 1 is 0.966 bits per heavy atom. The zero-order valence-electron chi connectivity index (χ0n) is 16.5. The molecule has 0 bridgehead atoms. The lowest BCUT2D eigenvalue weighted by Gasteiger charge is -2.25. The minimum atomic E-state index is -0.509. The van der Waals surface area contributed by atoms with Crippen LogP contribution in [0.3, 0.4) is 0 Å². The van der Waals surface area contributed by atoms with E-state index < -0.39 is 5.97 Å². The SMILES string of the molecule is COc1cccc(C(=O)Oc2ccc(N3C(=O)[C@H]4C[C@H](C)CC[C@H]4C3=O)cc2)c1. The number of anilines is 1. The molecule has 0 spiro atoms. The minimum absolute atomic E-state index is 0.118. The van der Waals surface area contributed by atoms with Gasteiger partial charge in [-0.2, -0.15) is 0 Å². The van der Waals surface area contributed by atoms with Gasteiger partial charge in [-0.05, 0) is 67.6 Å². The third kappa shape index (κ3) is 3.62. The van der Waals surface area contributed by atoms with Gasteiger partial charge in [0, 0.05) is 0 Å². The summed E-state index contributed by atoms with van der Waals surface area (Å²) in [6.45, 7) is 2.13. The molecule has 0 radical (unpaired) electrons.